The monoisotopic (exact) mass is 264 g/mol. The fourth-order valence-corrected chi connectivity index (χ4v) is 2.79. The number of carboxylic acids is 1. The van der Waals surface area contributed by atoms with Crippen LogP contribution in [-0.2, 0) is 22.6 Å². The normalized spacial score (nSPS) is 26.2. The molecule has 0 saturated carbocycles. The molecule has 102 valence electrons. The van der Waals surface area contributed by atoms with Gasteiger partial charge >= 0.3 is 5.97 Å². The van der Waals surface area contributed by atoms with Gasteiger partial charge in [-0.15, -0.1) is 0 Å². The van der Waals surface area contributed by atoms with Crippen LogP contribution in [-0.4, -0.2) is 51.0 Å². The summed E-state index contributed by atoms with van der Waals surface area (Å²) in [6, 6.07) is -0.802. The molecule has 1 aromatic heterocycles. The number of carboxylic acid groups (broad SMARTS) is 1. The number of aliphatic carboxylic acids is 1. The second-order valence-corrected chi connectivity index (χ2v) is 5.04. The van der Waals surface area contributed by atoms with E-state index in [1.165, 1.54) is 4.90 Å². The van der Waals surface area contributed by atoms with E-state index in [9.17, 15) is 14.7 Å². The van der Waals surface area contributed by atoms with E-state index >= 15 is 0 Å². The van der Waals surface area contributed by atoms with Crippen LogP contribution in [0.25, 0.3) is 0 Å². The summed E-state index contributed by atoms with van der Waals surface area (Å²) in [5.41, 5.74) is 1.60. The molecule has 2 atom stereocenters. The Labute approximate surface area is 110 Å². The first-order valence-corrected chi connectivity index (χ1v) is 6.42. The fraction of sp³-hybridized carbons (Fsp3) is 0.583. The Kier molecular flexibility index (Phi) is 2.98. The van der Waals surface area contributed by atoms with Crippen molar-refractivity contribution in [1.82, 2.24) is 20.2 Å². The third-order valence-electron chi connectivity index (χ3n) is 3.88. The van der Waals surface area contributed by atoms with Crippen LogP contribution in [0.4, 0.5) is 0 Å². The fourth-order valence-electron chi connectivity index (χ4n) is 2.79. The Morgan fingerprint density at radius 3 is 3.00 bits per heavy atom. The molecule has 0 bridgehead atoms. The number of fused-ring (bicyclic) bond motifs is 1. The lowest BCUT2D eigenvalue weighted by molar-refractivity contribution is -0.153. The van der Waals surface area contributed by atoms with Gasteiger partial charge in [0.2, 0.25) is 5.91 Å². The van der Waals surface area contributed by atoms with Crippen LogP contribution in [0.15, 0.2) is 6.33 Å². The summed E-state index contributed by atoms with van der Waals surface area (Å²) in [7, 11) is 0. The molecule has 0 aliphatic carbocycles. The van der Waals surface area contributed by atoms with Gasteiger partial charge in [0.25, 0.3) is 0 Å². The van der Waals surface area contributed by atoms with Gasteiger partial charge in [0.05, 0.1) is 30.2 Å². The maximum Gasteiger partial charge on any atom is 0.326 e. The van der Waals surface area contributed by atoms with Crippen LogP contribution in [0, 0.1) is 5.92 Å². The standard InChI is InChI=1S/C12H16N4O3/c17-11(7-1-2-13-4-7)16-5-9-8(14-6-15-9)3-10(16)12(18)19/h6-7,10,13H,1-5H2,(H,14,15)(H,18,19). The molecule has 0 radical (unpaired) electrons. The van der Waals surface area contributed by atoms with Gasteiger partial charge in [0.15, 0.2) is 0 Å². The van der Waals surface area contributed by atoms with Gasteiger partial charge in [-0.05, 0) is 13.0 Å². The van der Waals surface area contributed by atoms with Crippen molar-refractivity contribution < 1.29 is 14.7 Å². The topological polar surface area (TPSA) is 98.3 Å². The summed E-state index contributed by atoms with van der Waals surface area (Å²) in [5, 5.41) is 12.5. The van der Waals surface area contributed by atoms with Crippen molar-refractivity contribution in [3.63, 3.8) is 0 Å². The van der Waals surface area contributed by atoms with Crippen molar-refractivity contribution in [3.8, 4) is 0 Å². The van der Waals surface area contributed by atoms with Crippen molar-refractivity contribution in [2.75, 3.05) is 13.1 Å². The van der Waals surface area contributed by atoms with Crippen LogP contribution in [0.2, 0.25) is 0 Å². The Bertz CT molecular complexity index is 507. The first-order valence-electron chi connectivity index (χ1n) is 6.42. The first kappa shape index (κ1) is 12.2. The zero-order valence-electron chi connectivity index (χ0n) is 10.4. The van der Waals surface area contributed by atoms with Crippen LogP contribution < -0.4 is 5.32 Å². The molecule has 1 amide bonds. The Morgan fingerprint density at radius 2 is 2.32 bits per heavy atom. The summed E-state index contributed by atoms with van der Waals surface area (Å²) in [6.07, 6.45) is 2.60. The average Bonchev–Trinajstić information content (AvgIpc) is 3.06. The lowest BCUT2D eigenvalue weighted by Gasteiger charge is -2.33. The van der Waals surface area contributed by atoms with Gasteiger partial charge in [0, 0.05) is 13.0 Å². The highest BCUT2D eigenvalue weighted by Gasteiger charge is 2.39. The summed E-state index contributed by atoms with van der Waals surface area (Å²) in [5.74, 6) is -1.14. The number of carbonyl (C=O) groups is 2. The number of nitrogens with one attached hydrogen (secondary N) is 2. The highest BCUT2D eigenvalue weighted by Crippen LogP contribution is 2.24. The molecule has 3 N–H and O–H groups in total. The molecule has 1 saturated heterocycles. The molecule has 0 spiro atoms. The largest absolute Gasteiger partial charge is 0.480 e. The number of imidazole rings is 1. The van der Waals surface area contributed by atoms with Crippen LogP contribution in [0.1, 0.15) is 17.8 Å². The molecular formula is C12H16N4O3. The summed E-state index contributed by atoms with van der Waals surface area (Å²) in [4.78, 5) is 32.4. The molecule has 1 aromatic rings. The van der Waals surface area contributed by atoms with E-state index < -0.39 is 12.0 Å². The smallest absolute Gasteiger partial charge is 0.326 e. The van der Waals surface area contributed by atoms with E-state index in [1.54, 1.807) is 6.33 Å². The lowest BCUT2D eigenvalue weighted by Crippen LogP contribution is -2.51. The predicted octanol–water partition coefficient (Wildman–Crippen LogP) is -0.643. The minimum absolute atomic E-state index is 0.0716. The van der Waals surface area contributed by atoms with Crippen molar-refractivity contribution in [3.05, 3.63) is 17.7 Å². The van der Waals surface area contributed by atoms with Crippen molar-refractivity contribution in [1.29, 1.82) is 0 Å². The molecule has 7 heteroatoms. The zero-order valence-corrected chi connectivity index (χ0v) is 10.4. The molecule has 7 nitrogen and oxygen atoms in total. The van der Waals surface area contributed by atoms with Gasteiger partial charge in [-0.1, -0.05) is 0 Å². The van der Waals surface area contributed by atoms with Gasteiger partial charge in [-0.3, -0.25) is 4.79 Å². The van der Waals surface area contributed by atoms with E-state index in [4.69, 9.17) is 0 Å². The van der Waals surface area contributed by atoms with E-state index in [1.807, 2.05) is 0 Å². The molecule has 19 heavy (non-hydrogen) atoms. The van der Waals surface area contributed by atoms with Crippen molar-refractivity contribution in [2.24, 2.45) is 5.92 Å². The molecule has 0 aromatic carbocycles. The van der Waals surface area contributed by atoms with Crippen LogP contribution in [0.3, 0.4) is 0 Å². The molecule has 2 unspecified atom stereocenters. The quantitative estimate of drug-likeness (QED) is 0.660. The van der Waals surface area contributed by atoms with E-state index in [-0.39, 0.29) is 18.2 Å². The summed E-state index contributed by atoms with van der Waals surface area (Å²) in [6.45, 7) is 1.76. The molecule has 3 heterocycles. The molecule has 2 aliphatic rings. The molecule has 3 rings (SSSR count). The molecule has 2 aliphatic heterocycles. The predicted molar refractivity (Wildman–Crippen MR) is 65.2 cm³/mol. The molecular weight excluding hydrogens is 248 g/mol. The van der Waals surface area contributed by atoms with E-state index in [2.05, 4.69) is 15.3 Å². The second-order valence-electron chi connectivity index (χ2n) is 5.04. The Morgan fingerprint density at radius 1 is 1.47 bits per heavy atom. The maximum atomic E-state index is 12.4. The summed E-state index contributed by atoms with van der Waals surface area (Å²) >= 11 is 0. The first-order chi connectivity index (χ1) is 9.16. The molecule has 1 fully saturated rings. The number of carbonyl (C=O) groups excluding carboxylic acids is 1. The Balaban J connectivity index is 1.85. The number of H-pyrrole nitrogens is 1. The third-order valence-corrected chi connectivity index (χ3v) is 3.88. The van der Waals surface area contributed by atoms with Gasteiger partial charge in [0.1, 0.15) is 6.04 Å². The maximum absolute atomic E-state index is 12.4. The van der Waals surface area contributed by atoms with Gasteiger partial charge < -0.3 is 20.3 Å². The Hall–Kier alpha value is -1.89. The number of aromatic amines is 1. The number of hydrogen-bond donors (Lipinski definition) is 3. The highest BCUT2D eigenvalue weighted by molar-refractivity contribution is 5.86. The average molecular weight is 264 g/mol. The van der Waals surface area contributed by atoms with E-state index in [0.29, 0.717) is 13.1 Å². The number of rotatable bonds is 2. The van der Waals surface area contributed by atoms with Crippen molar-refractivity contribution >= 4 is 11.9 Å². The number of nitrogens with zero attached hydrogens (tertiary/aromatic N) is 2. The van der Waals surface area contributed by atoms with Crippen LogP contribution >= 0.6 is 0 Å². The lowest BCUT2D eigenvalue weighted by atomic mass is 9.99. The zero-order chi connectivity index (χ0) is 13.4. The van der Waals surface area contributed by atoms with Crippen molar-refractivity contribution in [2.45, 2.75) is 25.4 Å². The minimum atomic E-state index is -0.965. The highest BCUT2D eigenvalue weighted by atomic mass is 16.4. The number of aromatic nitrogens is 2. The van der Waals surface area contributed by atoms with E-state index in [0.717, 1.165) is 24.4 Å². The second kappa shape index (κ2) is 4.65. The number of amides is 1. The third kappa shape index (κ3) is 2.10. The minimum Gasteiger partial charge on any atom is -0.480 e. The summed E-state index contributed by atoms with van der Waals surface area (Å²) < 4.78 is 0. The van der Waals surface area contributed by atoms with Gasteiger partial charge in [-0.25, -0.2) is 9.78 Å². The van der Waals surface area contributed by atoms with Gasteiger partial charge in [-0.2, -0.15) is 0 Å². The SMILES string of the molecule is O=C(O)C1Cc2nc[nH]c2CN1C(=O)C1CCNC1. The number of hydrogen-bond acceptors (Lipinski definition) is 4. The van der Waals surface area contributed by atoms with Crippen LogP contribution in [0.5, 0.6) is 0 Å².